The second-order valence-corrected chi connectivity index (χ2v) is 4.82. The quantitative estimate of drug-likeness (QED) is 0.802. The lowest BCUT2D eigenvalue weighted by Crippen LogP contribution is -2.25. The summed E-state index contributed by atoms with van der Waals surface area (Å²) in [7, 11) is 0. The predicted molar refractivity (Wildman–Crippen MR) is 85.9 cm³/mol. The van der Waals surface area contributed by atoms with E-state index in [0.717, 1.165) is 18.5 Å². The number of para-hydroxylation sites is 1. The van der Waals surface area contributed by atoms with Gasteiger partial charge in [0.25, 0.3) is 5.91 Å². The minimum absolute atomic E-state index is 0.169. The lowest BCUT2D eigenvalue weighted by molar-refractivity contribution is 0.0948. The van der Waals surface area contributed by atoms with Crippen molar-refractivity contribution in [3.63, 3.8) is 0 Å². The number of hydrogen-bond donors (Lipinski definition) is 2. The number of nitrogens with zero attached hydrogens (tertiary/aromatic N) is 2. The van der Waals surface area contributed by atoms with Crippen LogP contribution in [0.4, 0.5) is 11.4 Å². The van der Waals surface area contributed by atoms with Crippen LogP contribution in [0.25, 0.3) is 0 Å². The summed E-state index contributed by atoms with van der Waals surface area (Å²) in [4.78, 5) is 16.0. The van der Waals surface area contributed by atoms with Crippen molar-refractivity contribution in [1.82, 2.24) is 10.3 Å². The Morgan fingerprint density at radius 2 is 2.09 bits per heavy atom. The van der Waals surface area contributed by atoms with E-state index in [1.54, 1.807) is 24.4 Å². The number of unbranched alkanes of at least 4 members (excludes halogenated alkanes) is 1. The molecule has 1 amide bonds. The van der Waals surface area contributed by atoms with E-state index in [9.17, 15) is 4.79 Å². The van der Waals surface area contributed by atoms with E-state index in [1.807, 2.05) is 18.2 Å². The summed E-state index contributed by atoms with van der Waals surface area (Å²) in [5, 5.41) is 15.0. The number of nitriles is 1. The summed E-state index contributed by atoms with van der Waals surface area (Å²) in [5.74, 6) is -0.169. The highest BCUT2D eigenvalue weighted by Gasteiger charge is 2.07. The fraction of sp³-hybridized carbons (Fsp3) is 0.235. The van der Waals surface area contributed by atoms with Crippen molar-refractivity contribution < 1.29 is 4.79 Å². The summed E-state index contributed by atoms with van der Waals surface area (Å²) in [6, 6.07) is 12.8. The third kappa shape index (κ3) is 4.06. The van der Waals surface area contributed by atoms with Gasteiger partial charge >= 0.3 is 0 Å². The van der Waals surface area contributed by atoms with Crippen molar-refractivity contribution in [3.8, 4) is 6.07 Å². The number of benzene rings is 1. The van der Waals surface area contributed by atoms with Gasteiger partial charge in [0, 0.05) is 6.54 Å². The van der Waals surface area contributed by atoms with Crippen molar-refractivity contribution in [2.45, 2.75) is 19.8 Å². The molecule has 22 heavy (non-hydrogen) atoms. The Morgan fingerprint density at radius 1 is 1.27 bits per heavy atom. The first-order valence-corrected chi connectivity index (χ1v) is 7.25. The van der Waals surface area contributed by atoms with Gasteiger partial charge in [0.15, 0.2) is 0 Å². The van der Waals surface area contributed by atoms with Crippen molar-refractivity contribution in [2.75, 3.05) is 11.9 Å². The van der Waals surface area contributed by atoms with E-state index >= 15 is 0 Å². The fourth-order valence-corrected chi connectivity index (χ4v) is 1.92. The van der Waals surface area contributed by atoms with E-state index in [4.69, 9.17) is 5.26 Å². The number of rotatable bonds is 6. The van der Waals surface area contributed by atoms with Crippen LogP contribution in [0, 0.1) is 11.3 Å². The average Bonchev–Trinajstić information content (AvgIpc) is 2.56. The highest BCUT2D eigenvalue weighted by atomic mass is 16.1. The molecule has 0 aliphatic heterocycles. The third-order valence-corrected chi connectivity index (χ3v) is 3.14. The molecule has 0 fully saturated rings. The van der Waals surface area contributed by atoms with Crippen LogP contribution in [0.15, 0.2) is 42.6 Å². The number of anilines is 2. The van der Waals surface area contributed by atoms with Crippen molar-refractivity contribution in [3.05, 3.63) is 53.9 Å². The molecule has 112 valence electrons. The van der Waals surface area contributed by atoms with Crippen LogP contribution in [0.2, 0.25) is 0 Å². The Morgan fingerprint density at radius 3 is 2.77 bits per heavy atom. The minimum Gasteiger partial charge on any atom is -0.353 e. The molecule has 0 bridgehead atoms. The highest BCUT2D eigenvalue weighted by Crippen LogP contribution is 2.19. The number of carbonyl (C=O) groups is 1. The minimum atomic E-state index is -0.169. The van der Waals surface area contributed by atoms with E-state index in [2.05, 4.69) is 28.6 Å². The SMILES string of the molecule is CCCCNC(=O)c1ccc(Nc2ccccc2C#N)cn1. The van der Waals surface area contributed by atoms with Crippen LogP contribution in [0.3, 0.4) is 0 Å². The standard InChI is InChI=1S/C17H18N4O/c1-2-3-10-19-17(22)16-9-8-14(12-20-16)21-15-7-5-4-6-13(15)11-18/h4-9,12,21H,2-3,10H2,1H3,(H,19,22). The van der Waals surface area contributed by atoms with Crippen LogP contribution in [0.1, 0.15) is 35.8 Å². The normalized spacial score (nSPS) is 9.82. The average molecular weight is 294 g/mol. The Kier molecular flexibility index (Phi) is 5.50. The molecule has 0 unspecified atom stereocenters. The molecule has 0 radical (unpaired) electrons. The summed E-state index contributed by atoms with van der Waals surface area (Å²) in [6.45, 7) is 2.73. The van der Waals surface area contributed by atoms with Gasteiger partial charge in [-0.1, -0.05) is 25.5 Å². The number of aromatic nitrogens is 1. The van der Waals surface area contributed by atoms with Crippen LogP contribution in [0.5, 0.6) is 0 Å². The van der Waals surface area contributed by atoms with Crippen LogP contribution in [-0.4, -0.2) is 17.4 Å². The van der Waals surface area contributed by atoms with Gasteiger partial charge < -0.3 is 10.6 Å². The molecule has 0 saturated heterocycles. The second-order valence-electron chi connectivity index (χ2n) is 4.82. The molecule has 5 heteroatoms. The van der Waals surface area contributed by atoms with Gasteiger partial charge in [0.2, 0.25) is 0 Å². The number of nitrogens with one attached hydrogen (secondary N) is 2. The molecule has 0 aliphatic rings. The molecule has 5 nitrogen and oxygen atoms in total. The first kappa shape index (κ1) is 15.5. The molecule has 2 N–H and O–H groups in total. The van der Waals surface area contributed by atoms with E-state index in [-0.39, 0.29) is 5.91 Å². The van der Waals surface area contributed by atoms with E-state index < -0.39 is 0 Å². The maximum atomic E-state index is 11.9. The Balaban J connectivity index is 2.03. The number of hydrogen-bond acceptors (Lipinski definition) is 4. The third-order valence-electron chi connectivity index (χ3n) is 3.14. The molecular weight excluding hydrogens is 276 g/mol. The Hall–Kier alpha value is -2.87. The molecule has 0 atom stereocenters. The molecule has 1 aromatic carbocycles. The second kappa shape index (κ2) is 7.79. The summed E-state index contributed by atoms with van der Waals surface area (Å²) < 4.78 is 0. The number of amides is 1. The topological polar surface area (TPSA) is 77.8 Å². The Labute approximate surface area is 130 Å². The van der Waals surface area contributed by atoms with Crippen molar-refractivity contribution in [1.29, 1.82) is 5.26 Å². The summed E-state index contributed by atoms with van der Waals surface area (Å²) in [6.07, 6.45) is 3.58. The lowest BCUT2D eigenvalue weighted by Gasteiger charge is -2.08. The zero-order valence-electron chi connectivity index (χ0n) is 12.5. The lowest BCUT2D eigenvalue weighted by atomic mass is 10.2. The molecule has 0 aliphatic carbocycles. The predicted octanol–water partition coefficient (Wildman–Crippen LogP) is 3.23. The largest absolute Gasteiger partial charge is 0.353 e. The summed E-state index contributed by atoms with van der Waals surface area (Å²) in [5.41, 5.74) is 2.39. The molecule has 0 spiro atoms. The Bertz CT molecular complexity index is 674. The zero-order chi connectivity index (χ0) is 15.8. The van der Waals surface area contributed by atoms with Gasteiger partial charge in [-0.2, -0.15) is 5.26 Å². The van der Waals surface area contributed by atoms with Gasteiger partial charge in [-0.15, -0.1) is 0 Å². The fourth-order valence-electron chi connectivity index (χ4n) is 1.92. The molecule has 0 saturated carbocycles. The zero-order valence-corrected chi connectivity index (χ0v) is 12.5. The molecule has 1 aromatic heterocycles. The van der Waals surface area contributed by atoms with Gasteiger partial charge in [-0.05, 0) is 30.7 Å². The van der Waals surface area contributed by atoms with Gasteiger partial charge in [0.05, 0.1) is 23.1 Å². The monoisotopic (exact) mass is 294 g/mol. The van der Waals surface area contributed by atoms with Crippen molar-refractivity contribution in [2.24, 2.45) is 0 Å². The van der Waals surface area contributed by atoms with Gasteiger partial charge in [-0.25, -0.2) is 4.98 Å². The number of carbonyl (C=O) groups excluding carboxylic acids is 1. The first-order chi connectivity index (χ1) is 10.7. The summed E-state index contributed by atoms with van der Waals surface area (Å²) >= 11 is 0. The van der Waals surface area contributed by atoms with Crippen LogP contribution < -0.4 is 10.6 Å². The smallest absolute Gasteiger partial charge is 0.269 e. The van der Waals surface area contributed by atoms with E-state index in [0.29, 0.717) is 23.5 Å². The molecular formula is C17H18N4O. The molecule has 1 heterocycles. The van der Waals surface area contributed by atoms with Crippen LogP contribution >= 0.6 is 0 Å². The van der Waals surface area contributed by atoms with Gasteiger partial charge in [0.1, 0.15) is 11.8 Å². The van der Waals surface area contributed by atoms with E-state index in [1.165, 1.54) is 0 Å². The number of pyridine rings is 1. The maximum absolute atomic E-state index is 11.9. The van der Waals surface area contributed by atoms with Crippen LogP contribution in [-0.2, 0) is 0 Å². The van der Waals surface area contributed by atoms with Crippen molar-refractivity contribution >= 4 is 17.3 Å². The molecule has 2 rings (SSSR count). The molecule has 2 aromatic rings. The highest BCUT2D eigenvalue weighted by molar-refractivity contribution is 5.92. The maximum Gasteiger partial charge on any atom is 0.269 e. The van der Waals surface area contributed by atoms with Gasteiger partial charge in [-0.3, -0.25) is 4.79 Å². The first-order valence-electron chi connectivity index (χ1n) is 7.25.